The second kappa shape index (κ2) is 2.50. The van der Waals surface area contributed by atoms with Crippen molar-refractivity contribution in [1.29, 1.82) is 0 Å². The second-order valence-corrected chi connectivity index (χ2v) is 3.89. The highest BCUT2D eigenvalue weighted by atomic mass is 33.1. The van der Waals surface area contributed by atoms with Gasteiger partial charge in [-0.1, -0.05) is 10.8 Å². The maximum absolute atomic E-state index is 5.79. The van der Waals surface area contributed by atoms with Gasteiger partial charge in [0.2, 0.25) is 0 Å². The Bertz CT molecular complexity index is 80.5. The zero-order valence-corrected chi connectivity index (χ0v) is 6.47. The first-order valence-electron chi connectivity index (χ1n) is 2.82. The van der Waals surface area contributed by atoms with Gasteiger partial charge < -0.3 is 5.73 Å². The minimum Gasteiger partial charge on any atom is -0.325 e. The Balaban J connectivity index is 2.01. The lowest BCUT2D eigenvalue weighted by atomic mass is 10.2. The molecule has 1 aliphatic carbocycles. The Morgan fingerprint density at radius 1 is 1.62 bits per heavy atom. The molecule has 0 radical (unpaired) electrons. The van der Waals surface area contributed by atoms with Crippen molar-refractivity contribution < 1.29 is 0 Å². The van der Waals surface area contributed by atoms with Gasteiger partial charge in [0.1, 0.15) is 0 Å². The highest BCUT2D eigenvalue weighted by Crippen LogP contribution is 2.36. The molecule has 0 atom stereocenters. The van der Waals surface area contributed by atoms with Crippen LogP contribution in [0.3, 0.4) is 0 Å². The van der Waals surface area contributed by atoms with Crippen molar-refractivity contribution in [3.8, 4) is 0 Å². The largest absolute Gasteiger partial charge is 0.325 e. The van der Waals surface area contributed by atoms with Gasteiger partial charge in [-0.15, -0.1) is 11.7 Å². The van der Waals surface area contributed by atoms with Crippen LogP contribution in [0.25, 0.3) is 0 Å². The summed E-state index contributed by atoms with van der Waals surface area (Å²) in [5, 5.41) is 0. The summed E-state index contributed by atoms with van der Waals surface area (Å²) in [7, 11) is 1.58. The first-order chi connectivity index (χ1) is 3.77. The van der Waals surface area contributed by atoms with Crippen molar-refractivity contribution in [1.82, 2.24) is 0 Å². The third kappa shape index (κ3) is 1.88. The molecular weight excluding hydrogens is 138 g/mol. The fourth-order valence-electron chi connectivity index (χ4n) is 0.659. The fraction of sp³-hybridized carbons (Fsp3) is 1.00. The van der Waals surface area contributed by atoms with E-state index in [4.69, 9.17) is 5.73 Å². The quantitative estimate of drug-likeness (QED) is 0.469. The maximum Gasteiger partial charge on any atom is 0.0163 e. The molecule has 0 bridgehead atoms. The van der Waals surface area contributed by atoms with E-state index in [1.807, 2.05) is 0 Å². The molecule has 0 spiro atoms. The van der Waals surface area contributed by atoms with E-state index in [1.165, 1.54) is 12.8 Å². The van der Waals surface area contributed by atoms with Crippen molar-refractivity contribution >= 4 is 22.5 Å². The average molecular weight is 149 g/mol. The van der Waals surface area contributed by atoms with Crippen molar-refractivity contribution in [2.45, 2.75) is 24.8 Å². The molecule has 0 unspecified atom stereocenters. The van der Waals surface area contributed by atoms with Crippen molar-refractivity contribution in [3.63, 3.8) is 0 Å². The van der Waals surface area contributed by atoms with Crippen LogP contribution in [-0.2, 0) is 0 Å². The molecule has 8 heavy (non-hydrogen) atoms. The molecule has 1 aliphatic rings. The van der Waals surface area contributed by atoms with Crippen LogP contribution in [0.1, 0.15) is 19.3 Å². The molecule has 0 saturated heterocycles. The van der Waals surface area contributed by atoms with Gasteiger partial charge in [-0.05, 0) is 19.3 Å². The molecule has 0 aromatic heterocycles. The SMILES string of the molecule is NC1(CCSS)CC1. The van der Waals surface area contributed by atoms with Gasteiger partial charge in [0.25, 0.3) is 0 Å². The molecule has 1 saturated carbocycles. The Morgan fingerprint density at radius 2 is 2.25 bits per heavy atom. The Labute approximate surface area is 59.2 Å². The van der Waals surface area contributed by atoms with Crippen LogP contribution in [0.15, 0.2) is 0 Å². The van der Waals surface area contributed by atoms with Gasteiger partial charge >= 0.3 is 0 Å². The van der Waals surface area contributed by atoms with Crippen molar-refractivity contribution in [2.75, 3.05) is 5.75 Å². The monoisotopic (exact) mass is 149 g/mol. The molecule has 0 amide bonds. The zero-order chi connectivity index (χ0) is 6.04. The second-order valence-electron chi connectivity index (χ2n) is 2.45. The molecule has 48 valence electrons. The molecule has 2 N–H and O–H groups in total. The molecule has 1 rings (SSSR count). The summed E-state index contributed by atoms with van der Waals surface area (Å²) in [6.07, 6.45) is 3.59. The molecule has 1 fully saturated rings. The number of hydrogen-bond donors (Lipinski definition) is 2. The summed E-state index contributed by atoms with van der Waals surface area (Å²) in [5.41, 5.74) is 6.02. The molecule has 3 heteroatoms. The number of hydrogen-bond acceptors (Lipinski definition) is 3. The van der Waals surface area contributed by atoms with Crippen LogP contribution in [0.4, 0.5) is 0 Å². The summed E-state index contributed by atoms with van der Waals surface area (Å²) < 4.78 is 0. The van der Waals surface area contributed by atoms with Gasteiger partial charge in [-0.25, -0.2) is 0 Å². The van der Waals surface area contributed by atoms with Crippen LogP contribution in [-0.4, -0.2) is 11.3 Å². The number of thiol groups is 1. The van der Waals surface area contributed by atoms with E-state index in [0.717, 1.165) is 12.2 Å². The zero-order valence-electron chi connectivity index (χ0n) is 4.76. The van der Waals surface area contributed by atoms with E-state index in [2.05, 4.69) is 11.7 Å². The van der Waals surface area contributed by atoms with Gasteiger partial charge in [-0.2, -0.15) is 0 Å². The van der Waals surface area contributed by atoms with Crippen molar-refractivity contribution in [2.24, 2.45) is 5.73 Å². The smallest absolute Gasteiger partial charge is 0.0163 e. The topological polar surface area (TPSA) is 26.0 Å². The third-order valence-electron chi connectivity index (χ3n) is 1.58. The van der Waals surface area contributed by atoms with E-state index in [1.54, 1.807) is 10.8 Å². The molecule has 0 aliphatic heterocycles. The number of nitrogens with two attached hydrogens (primary N) is 1. The van der Waals surface area contributed by atoms with Crippen molar-refractivity contribution in [3.05, 3.63) is 0 Å². The average Bonchev–Trinajstić information content (AvgIpc) is 2.45. The standard InChI is InChI=1S/C5H11NS2/c6-5(1-2-5)3-4-8-7/h7H,1-4,6H2. The lowest BCUT2D eigenvalue weighted by molar-refractivity contribution is 0.657. The van der Waals surface area contributed by atoms with Gasteiger partial charge in [0.05, 0.1) is 0 Å². The fourth-order valence-corrected chi connectivity index (χ4v) is 1.43. The Morgan fingerprint density at radius 3 is 2.62 bits per heavy atom. The highest BCUT2D eigenvalue weighted by molar-refractivity contribution is 8.68. The molecule has 0 heterocycles. The third-order valence-corrected chi connectivity index (χ3v) is 2.52. The normalized spacial score (nSPS) is 23.2. The van der Waals surface area contributed by atoms with Gasteiger partial charge in [0, 0.05) is 11.3 Å². The van der Waals surface area contributed by atoms with Crippen LogP contribution in [0.2, 0.25) is 0 Å². The summed E-state index contributed by atoms with van der Waals surface area (Å²) in [5.74, 6) is 1.10. The van der Waals surface area contributed by atoms with Gasteiger partial charge in [0.15, 0.2) is 0 Å². The predicted octanol–water partition coefficient (Wildman–Crippen LogP) is 1.45. The first kappa shape index (κ1) is 6.78. The summed E-state index contributed by atoms with van der Waals surface area (Å²) in [4.78, 5) is 0. The van der Waals surface area contributed by atoms with Gasteiger partial charge in [-0.3, -0.25) is 0 Å². The van der Waals surface area contributed by atoms with E-state index < -0.39 is 0 Å². The lowest BCUT2D eigenvalue weighted by Gasteiger charge is -2.03. The summed E-state index contributed by atoms with van der Waals surface area (Å²) in [6.45, 7) is 0. The summed E-state index contributed by atoms with van der Waals surface area (Å²) in [6, 6.07) is 0. The minimum atomic E-state index is 0.232. The van der Waals surface area contributed by atoms with E-state index >= 15 is 0 Å². The van der Waals surface area contributed by atoms with E-state index in [-0.39, 0.29) is 5.54 Å². The highest BCUT2D eigenvalue weighted by Gasteiger charge is 2.36. The van der Waals surface area contributed by atoms with E-state index in [0.29, 0.717) is 0 Å². The first-order valence-corrected chi connectivity index (χ1v) is 4.86. The van der Waals surface area contributed by atoms with Crippen LogP contribution in [0.5, 0.6) is 0 Å². The Kier molecular flexibility index (Phi) is 2.12. The minimum absolute atomic E-state index is 0.232. The maximum atomic E-state index is 5.79. The Hall–Kier alpha value is 0.660. The van der Waals surface area contributed by atoms with Crippen LogP contribution < -0.4 is 5.73 Å². The van der Waals surface area contributed by atoms with Crippen LogP contribution >= 0.6 is 22.5 Å². The van der Waals surface area contributed by atoms with E-state index in [9.17, 15) is 0 Å². The predicted molar refractivity (Wildman–Crippen MR) is 42.2 cm³/mol. The van der Waals surface area contributed by atoms with Crippen LogP contribution in [0, 0.1) is 0 Å². The summed E-state index contributed by atoms with van der Waals surface area (Å²) >= 11 is 4.02. The molecule has 1 nitrogen and oxygen atoms in total. The number of rotatable bonds is 3. The molecular formula is C5H11NS2. The lowest BCUT2D eigenvalue weighted by Crippen LogP contribution is -2.21. The molecule has 0 aromatic rings. The molecule has 0 aromatic carbocycles.